The van der Waals surface area contributed by atoms with Gasteiger partial charge >= 0.3 is 5.97 Å². The van der Waals surface area contributed by atoms with Crippen LogP contribution in [0.4, 0.5) is 0 Å². The van der Waals surface area contributed by atoms with Gasteiger partial charge in [-0.2, -0.15) is 0 Å². The van der Waals surface area contributed by atoms with Gasteiger partial charge in [0, 0.05) is 14.2 Å². The Morgan fingerprint density at radius 3 is 2.92 bits per heavy atom. The fourth-order valence-corrected chi connectivity index (χ4v) is 2.08. The first-order chi connectivity index (χ1) is 5.59. The number of hydrogen-bond acceptors (Lipinski definition) is 2. The van der Waals surface area contributed by atoms with E-state index in [0.29, 0.717) is 5.69 Å². The lowest BCUT2D eigenvalue weighted by Gasteiger charge is -1.99. The molecule has 1 heterocycles. The van der Waals surface area contributed by atoms with Gasteiger partial charge in [-0.25, -0.2) is 0 Å². The van der Waals surface area contributed by atoms with E-state index in [9.17, 15) is 4.79 Å². The van der Waals surface area contributed by atoms with Crippen LogP contribution >= 0.6 is 38.5 Å². The van der Waals surface area contributed by atoms with Crippen LogP contribution in [0.1, 0.15) is 5.69 Å². The lowest BCUT2D eigenvalue weighted by Crippen LogP contribution is -2.03. The van der Waals surface area contributed by atoms with E-state index in [2.05, 4.69) is 43.5 Å². The number of carboxylic acid groups (broad SMARTS) is 1. The van der Waals surface area contributed by atoms with Gasteiger partial charge < -0.3 is 5.11 Å². The third kappa shape index (κ3) is 2.71. The van der Waals surface area contributed by atoms with Gasteiger partial charge in [0.15, 0.2) is 0 Å². The second-order valence-corrected chi connectivity index (χ2v) is 4.25. The van der Waals surface area contributed by atoms with Crippen LogP contribution in [-0.2, 0) is 11.2 Å². The van der Waals surface area contributed by atoms with Crippen molar-refractivity contribution in [2.24, 2.45) is 0 Å². The number of aliphatic carboxylic acids is 1. The molecule has 1 N–H and O–H groups in total. The van der Waals surface area contributed by atoms with Crippen molar-refractivity contribution in [3.63, 3.8) is 0 Å². The smallest absolute Gasteiger partial charge is 0.309 e. The average Bonchev–Trinajstić information content (AvgIpc) is 1.94. The SMILES string of the molecule is O=C(O)Cc1ncc(I)cc1Br. The van der Waals surface area contributed by atoms with E-state index in [1.165, 1.54) is 0 Å². The highest BCUT2D eigenvalue weighted by molar-refractivity contribution is 14.1. The Kier molecular flexibility index (Phi) is 3.45. The van der Waals surface area contributed by atoms with E-state index in [-0.39, 0.29) is 6.42 Å². The standard InChI is InChI=1S/C7H5BrINO2/c8-5-1-4(9)3-10-6(5)2-7(11)12/h1,3H,2H2,(H,11,12). The Balaban J connectivity index is 2.93. The molecule has 0 unspecified atom stereocenters. The summed E-state index contributed by atoms with van der Waals surface area (Å²) in [4.78, 5) is 14.3. The topological polar surface area (TPSA) is 50.2 Å². The van der Waals surface area contributed by atoms with Gasteiger partial charge in [-0.3, -0.25) is 9.78 Å². The highest BCUT2D eigenvalue weighted by atomic mass is 127. The first-order valence-electron chi connectivity index (χ1n) is 3.11. The molecule has 0 aromatic carbocycles. The van der Waals surface area contributed by atoms with Crippen LogP contribution in [0.2, 0.25) is 0 Å². The van der Waals surface area contributed by atoms with Crippen LogP contribution in [-0.4, -0.2) is 16.1 Å². The van der Waals surface area contributed by atoms with Crippen LogP contribution in [0.5, 0.6) is 0 Å². The fourth-order valence-electron chi connectivity index (χ4n) is 0.716. The van der Waals surface area contributed by atoms with Crippen molar-refractivity contribution in [1.82, 2.24) is 4.98 Å². The van der Waals surface area contributed by atoms with Crippen LogP contribution in [0, 0.1) is 3.57 Å². The molecule has 0 bridgehead atoms. The molecule has 0 fully saturated rings. The molecule has 0 aliphatic rings. The van der Waals surface area contributed by atoms with E-state index in [4.69, 9.17) is 5.11 Å². The molecule has 0 saturated heterocycles. The monoisotopic (exact) mass is 341 g/mol. The number of carboxylic acids is 1. The highest BCUT2D eigenvalue weighted by Crippen LogP contribution is 2.17. The Bertz CT molecular complexity index is 316. The van der Waals surface area contributed by atoms with Crippen molar-refractivity contribution in [2.75, 3.05) is 0 Å². The summed E-state index contributed by atoms with van der Waals surface area (Å²) in [6.45, 7) is 0. The zero-order valence-electron chi connectivity index (χ0n) is 5.92. The number of nitrogens with zero attached hydrogens (tertiary/aromatic N) is 1. The van der Waals surface area contributed by atoms with Gasteiger partial charge in [0.25, 0.3) is 0 Å². The van der Waals surface area contributed by atoms with E-state index >= 15 is 0 Å². The normalized spacial score (nSPS) is 9.83. The number of halogens is 2. The van der Waals surface area contributed by atoms with E-state index in [1.807, 2.05) is 6.07 Å². The molecule has 0 aliphatic heterocycles. The number of aromatic nitrogens is 1. The third-order valence-corrected chi connectivity index (χ3v) is 2.48. The van der Waals surface area contributed by atoms with E-state index in [1.54, 1.807) is 6.20 Å². The maximum Gasteiger partial charge on any atom is 0.309 e. The molecule has 1 rings (SSSR count). The highest BCUT2D eigenvalue weighted by Gasteiger charge is 2.06. The Morgan fingerprint density at radius 2 is 2.42 bits per heavy atom. The number of hydrogen-bond donors (Lipinski definition) is 1. The summed E-state index contributed by atoms with van der Waals surface area (Å²) >= 11 is 5.36. The van der Waals surface area contributed by atoms with Crippen molar-refractivity contribution in [3.05, 3.63) is 26.0 Å². The molecule has 0 radical (unpaired) electrons. The number of carbonyl (C=O) groups is 1. The lowest BCUT2D eigenvalue weighted by atomic mass is 10.3. The van der Waals surface area contributed by atoms with Crippen molar-refractivity contribution in [2.45, 2.75) is 6.42 Å². The zero-order chi connectivity index (χ0) is 9.14. The van der Waals surface area contributed by atoms with E-state index in [0.717, 1.165) is 8.04 Å². The van der Waals surface area contributed by atoms with Gasteiger partial charge in [0.05, 0.1) is 12.1 Å². The molecule has 0 amide bonds. The molecule has 0 saturated carbocycles. The van der Waals surface area contributed by atoms with Crippen molar-refractivity contribution >= 4 is 44.5 Å². The summed E-state index contributed by atoms with van der Waals surface area (Å²) in [6.07, 6.45) is 1.60. The van der Waals surface area contributed by atoms with Crippen molar-refractivity contribution in [3.8, 4) is 0 Å². The quantitative estimate of drug-likeness (QED) is 0.838. The predicted molar refractivity (Wildman–Crippen MR) is 56.0 cm³/mol. The fraction of sp³-hybridized carbons (Fsp3) is 0.143. The molecule has 64 valence electrons. The summed E-state index contributed by atoms with van der Waals surface area (Å²) in [5, 5.41) is 8.50. The summed E-state index contributed by atoms with van der Waals surface area (Å²) in [6, 6.07) is 1.84. The molecule has 1 aromatic rings. The molecule has 0 atom stereocenters. The second-order valence-electron chi connectivity index (χ2n) is 2.15. The van der Waals surface area contributed by atoms with E-state index < -0.39 is 5.97 Å². The molecule has 12 heavy (non-hydrogen) atoms. The Labute approximate surface area is 91.5 Å². The molecular weight excluding hydrogens is 337 g/mol. The number of rotatable bonds is 2. The molecule has 5 heteroatoms. The number of pyridine rings is 1. The maximum atomic E-state index is 10.3. The van der Waals surface area contributed by atoms with Crippen molar-refractivity contribution < 1.29 is 9.90 Å². The van der Waals surface area contributed by atoms with Gasteiger partial charge in [0.2, 0.25) is 0 Å². The van der Waals surface area contributed by atoms with Gasteiger partial charge in [-0.05, 0) is 44.6 Å². The van der Waals surface area contributed by atoms with Crippen LogP contribution < -0.4 is 0 Å². The molecule has 1 aromatic heterocycles. The average molecular weight is 342 g/mol. The first kappa shape index (κ1) is 9.91. The minimum atomic E-state index is -0.871. The Hall–Kier alpha value is -0.170. The van der Waals surface area contributed by atoms with Gasteiger partial charge in [-0.1, -0.05) is 0 Å². The zero-order valence-corrected chi connectivity index (χ0v) is 9.66. The van der Waals surface area contributed by atoms with Crippen molar-refractivity contribution in [1.29, 1.82) is 0 Å². The third-order valence-electron chi connectivity index (χ3n) is 1.20. The molecule has 0 aliphatic carbocycles. The summed E-state index contributed by atoms with van der Waals surface area (Å²) in [5.74, 6) is -0.871. The summed E-state index contributed by atoms with van der Waals surface area (Å²) in [5.41, 5.74) is 0.558. The minimum Gasteiger partial charge on any atom is -0.481 e. The van der Waals surface area contributed by atoms with Gasteiger partial charge in [0.1, 0.15) is 0 Å². The first-order valence-corrected chi connectivity index (χ1v) is 4.98. The maximum absolute atomic E-state index is 10.3. The van der Waals surface area contributed by atoms with Crippen LogP contribution in [0.3, 0.4) is 0 Å². The van der Waals surface area contributed by atoms with Crippen LogP contribution in [0.25, 0.3) is 0 Å². The second kappa shape index (κ2) is 4.18. The minimum absolute atomic E-state index is 0.0441. The lowest BCUT2D eigenvalue weighted by molar-refractivity contribution is -0.136. The largest absolute Gasteiger partial charge is 0.481 e. The van der Waals surface area contributed by atoms with Crippen LogP contribution in [0.15, 0.2) is 16.7 Å². The summed E-state index contributed by atoms with van der Waals surface area (Å²) in [7, 11) is 0. The van der Waals surface area contributed by atoms with Gasteiger partial charge in [-0.15, -0.1) is 0 Å². The molecule has 3 nitrogen and oxygen atoms in total. The Morgan fingerprint density at radius 1 is 1.75 bits per heavy atom. The molecular formula is C7H5BrINO2. The predicted octanol–water partition coefficient (Wildman–Crippen LogP) is 2.08. The summed E-state index contributed by atoms with van der Waals surface area (Å²) < 4.78 is 1.73. The molecule has 0 spiro atoms.